The summed E-state index contributed by atoms with van der Waals surface area (Å²) in [4.78, 5) is 0. The van der Waals surface area contributed by atoms with Crippen molar-refractivity contribution in [2.75, 3.05) is 66.6 Å². The van der Waals surface area contributed by atoms with Gasteiger partial charge in [0.2, 0.25) is 0 Å². The molecule has 0 fully saturated rings. The van der Waals surface area contributed by atoms with Crippen LogP contribution in [0, 0.1) is 0 Å². The van der Waals surface area contributed by atoms with Crippen LogP contribution in [-0.2, 0) is 23.7 Å². The third-order valence-electron chi connectivity index (χ3n) is 2.04. The van der Waals surface area contributed by atoms with Crippen molar-refractivity contribution in [3.63, 3.8) is 0 Å². The van der Waals surface area contributed by atoms with Gasteiger partial charge in [-0.2, -0.15) is 0 Å². The van der Waals surface area contributed by atoms with Gasteiger partial charge in [-0.3, -0.25) is 0 Å². The first-order valence-electron chi connectivity index (χ1n) is 6.36. The fourth-order valence-electron chi connectivity index (χ4n) is 1.14. The Balaban J connectivity index is 3.09. The second kappa shape index (κ2) is 14.8. The highest BCUT2D eigenvalue weighted by atomic mass is 16.5. The van der Waals surface area contributed by atoms with Crippen molar-refractivity contribution in [1.29, 1.82) is 0 Å². The van der Waals surface area contributed by atoms with Gasteiger partial charge < -0.3 is 29.4 Å². The zero-order chi connectivity index (χ0) is 13.5. The fraction of sp³-hybridized carbons (Fsp3) is 1.00. The lowest BCUT2D eigenvalue weighted by Gasteiger charge is -2.12. The number of hydrogen-bond donors (Lipinski definition) is 1. The van der Waals surface area contributed by atoms with Crippen LogP contribution in [0.5, 0.6) is 0 Å². The summed E-state index contributed by atoms with van der Waals surface area (Å²) in [6, 6.07) is -0.106. The number of ether oxygens (including phenoxy) is 5. The molecule has 0 saturated heterocycles. The molecule has 0 bridgehead atoms. The molecule has 0 aliphatic heterocycles. The topological polar surface area (TPSA) is 72.2 Å². The Morgan fingerprint density at radius 1 is 0.778 bits per heavy atom. The van der Waals surface area contributed by atoms with Gasteiger partial charge in [-0.15, -0.1) is 0 Å². The van der Waals surface area contributed by atoms with Crippen LogP contribution in [-0.4, -0.2) is 72.6 Å². The lowest BCUT2D eigenvalue weighted by Crippen LogP contribution is -2.32. The minimum Gasteiger partial charge on any atom is -0.382 e. The molecular formula is C12H27NO5. The second-order valence-corrected chi connectivity index (χ2v) is 3.71. The maximum absolute atomic E-state index is 5.80. The highest BCUT2D eigenvalue weighted by Crippen LogP contribution is 1.87. The quantitative estimate of drug-likeness (QED) is 0.447. The Labute approximate surface area is 110 Å². The van der Waals surface area contributed by atoms with E-state index in [2.05, 4.69) is 0 Å². The third-order valence-corrected chi connectivity index (χ3v) is 2.04. The van der Waals surface area contributed by atoms with E-state index < -0.39 is 0 Å². The number of rotatable bonds is 14. The second-order valence-electron chi connectivity index (χ2n) is 3.71. The van der Waals surface area contributed by atoms with Gasteiger partial charge in [0.1, 0.15) is 0 Å². The van der Waals surface area contributed by atoms with Crippen molar-refractivity contribution in [3.8, 4) is 0 Å². The first-order valence-corrected chi connectivity index (χ1v) is 6.36. The first kappa shape index (κ1) is 17.8. The van der Waals surface area contributed by atoms with Crippen molar-refractivity contribution in [2.24, 2.45) is 5.73 Å². The Kier molecular flexibility index (Phi) is 14.6. The summed E-state index contributed by atoms with van der Waals surface area (Å²) < 4.78 is 25.9. The van der Waals surface area contributed by atoms with Gasteiger partial charge in [0.25, 0.3) is 0 Å². The number of hydrogen-bond acceptors (Lipinski definition) is 6. The molecule has 110 valence electrons. The highest BCUT2D eigenvalue weighted by molar-refractivity contribution is 4.57. The van der Waals surface area contributed by atoms with E-state index in [0.29, 0.717) is 59.5 Å². The standard InChI is InChI=1S/C12H27NO5/c1-3-15-6-8-17-10-12(13)11-18-9-7-16-5-4-14-2/h12H,3-11,13H2,1-2H3/t12-/m1/s1. The predicted octanol–water partition coefficient (Wildman–Crippen LogP) is 0.0464. The van der Waals surface area contributed by atoms with Crippen LogP contribution in [0.15, 0.2) is 0 Å². The van der Waals surface area contributed by atoms with Gasteiger partial charge in [0.15, 0.2) is 0 Å². The maximum Gasteiger partial charge on any atom is 0.0701 e. The molecule has 0 saturated carbocycles. The van der Waals surface area contributed by atoms with Crippen molar-refractivity contribution in [2.45, 2.75) is 13.0 Å². The molecular weight excluding hydrogens is 238 g/mol. The van der Waals surface area contributed by atoms with Crippen molar-refractivity contribution in [3.05, 3.63) is 0 Å². The zero-order valence-corrected chi connectivity index (χ0v) is 11.6. The number of methoxy groups -OCH3 is 1. The smallest absolute Gasteiger partial charge is 0.0701 e. The average Bonchev–Trinajstić information content (AvgIpc) is 2.37. The van der Waals surface area contributed by atoms with Gasteiger partial charge in [-0.1, -0.05) is 0 Å². The van der Waals surface area contributed by atoms with Crippen LogP contribution < -0.4 is 5.73 Å². The van der Waals surface area contributed by atoms with E-state index in [1.54, 1.807) is 7.11 Å². The van der Waals surface area contributed by atoms with E-state index >= 15 is 0 Å². The molecule has 0 amide bonds. The molecule has 0 unspecified atom stereocenters. The van der Waals surface area contributed by atoms with Crippen LogP contribution in [0.25, 0.3) is 0 Å². The lowest BCUT2D eigenvalue weighted by molar-refractivity contribution is 0.00646. The van der Waals surface area contributed by atoms with Crippen LogP contribution in [0.3, 0.4) is 0 Å². The van der Waals surface area contributed by atoms with E-state index in [4.69, 9.17) is 29.4 Å². The lowest BCUT2D eigenvalue weighted by atomic mass is 10.4. The molecule has 0 aliphatic rings. The van der Waals surface area contributed by atoms with E-state index in [9.17, 15) is 0 Å². The minimum absolute atomic E-state index is 0.106. The Morgan fingerprint density at radius 3 is 1.83 bits per heavy atom. The SMILES string of the molecule is CCOCCOC[C@@H](N)COCCOCCOC. The molecule has 0 heterocycles. The third kappa shape index (κ3) is 13.8. The van der Waals surface area contributed by atoms with Gasteiger partial charge in [0.05, 0.1) is 58.9 Å². The van der Waals surface area contributed by atoms with Gasteiger partial charge in [0, 0.05) is 13.7 Å². The molecule has 6 heteroatoms. The van der Waals surface area contributed by atoms with Crippen LogP contribution in [0.2, 0.25) is 0 Å². The molecule has 1 atom stereocenters. The molecule has 0 aliphatic carbocycles. The minimum atomic E-state index is -0.106. The predicted molar refractivity (Wildman–Crippen MR) is 68.8 cm³/mol. The van der Waals surface area contributed by atoms with Gasteiger partial charge in [-0.05, 0) is 6.92 Å². The van der Waals surface area contributed by atoms with Gasteiger partial charge >= 0.3 is 0 Å². The summed E-state index contributed by atoms with van der Waals surface area (Å²) in [5, 5.41) is 0. The summed E-state index contributed by atoms with van der Waals surface area (Å²) >= 11 is 0. The summed E-state index contributed by atoms with van der Waals surface area (Å²) in [6.45, 7) is 7.09. The summed E-state index contributed by atoms with van der Waals surface area (Å²) in [5.74, 6) is 0. The monoisotopic (exact) mass is 265 g/mol. The average molecular weight is 265 g/mol. The molecule has 0 aromatic heterocycles. The molecule has 0 aromatic rings. The molecule has 0 spiro atoms. The Bertz CT molecular complexity index is 159. The van der Waals surface area contributed by atoms with Gasteiger partial charge in [-0.25, -0.2) is 0 Å². The zero-order valence-electron chi connectivity index (χ0n) is 11.6. The van der Waals surface area contributed by atoms with Crippen LogP contribution in [0.1, 0.15) is 6.92 Å². The van der Waals surface area contributed by atoms with Crippen molar-refractivity contribution < 1.29 is 23.7 Å². The van der Waals surface area contributed by atoms with Crippen molar-refractivity contribution >= 4 is 0 Å². The van der Waals surface area contributed by atoms with E-state index in [0.717, 1.165) is 0 Å². The summed E-state index contributed by atoms with van der Waals surface area (Å²) in [6.07, 6.45) is 0. The maximum atomic E-state index is 5.80. The van der Waals surface area contributed by atoms with E-state index in [-0.39, 0.29) is 6.04 Å². The molecule has 6 nitrogen and oxygen atoms in total. The van der Waals surface area contributed by atoms with Crippen LogP contribution in [0.4, 0.5) is 0 Å². The fourth-order valence-corrected chi connectivity index (χ4v) is 1.14. The van der Waals surface area contributed by atoms with E-state index in [1.165, 1.54) is 0 Å². The largest absolute Gasteiger partial charge is 0.382 e. The van der Waals surface area contributed by atoms with E-state index in [1.807, 2.05) is 6.92 Å². The van der Waals surface area contributed by atoms with Crippen molar-refractivity contribution in [1.82, 2.24) is 0 Å². The Hall–Kier alpha value is -0.240. The molecule has 0 rings (SSSR count). The molecule has 0 radical (unpaired) electrons. The summed E-state index contributed by atoms with van der Waals surface area (Å²) in [7, 11) is 1.64. The number of nitrogens with two attached hydrogens (primary N) is 1. The molecule has 2 N–H and O–H groups in total. The summed E-state index contributed by atoms with van der Waals surface area (Å²) in [5.41, 5.74) is 5.80. The molecule has 0 aromatic carbocycles. The normalized spacial score (nSPS) is 12.8. The Morgan fingerprint density at radius 2 is 1.28 bits per heavy atom. The molecule has 18 heavy (non-hydrogen) atoms. The first-order chi connectivity index (χ1) is 8.81. The highest BCUT2D eigenvalue weighted by Gasteiger charge is 2.02. The van der Waals surface area contributed by atoms with Crippen LogP contribution >= 0.6 is 0 Å².